The number of nitrogens with one attached hydrogen (secondary N) is 1. The topological polar surface area (TPSA) is 37.8 Å². The molecule has 100 valence electrons. The van der Waals surface area contributed by atoms with Crippen molar-refractivity contribution in [1.82, 2.24) is 9.97 Å². The molecule has 0 saturated carbocycles. The molecule has 0 aliphatic heterocycles. The predicted octanol–water partition coefficient (Wildman–Crippen LogP) is 3.34. The van der Waals surface area contributed by atoms with Crippen LogP contribution in [0.5, 0.6) is 0 Å². The molecule has 3 nitrogen and oxygen atoms in total. The first-order valence-corrected chi connectivity index (χ1v) is 5.29. The lowest BCUT2D eigenvalue weighted by Gasteiger charge is -2.09. The SMILES string of the molecule is CNc1ccnc(-c2cc(F)cc(C(F)(F)F)c2)n1. The fourth-order valence-corrected chi connectivity index (χ4v) is 1.52. The summed E-state index contributed by atoms with van der Waals surface area (Å²) >= 11 is 0. The van der Waals surface area contributed by atoms with Crippen LogP contribution in [0.2, 0.25) is 0 Å². The van der Waals surface area contributed by atoms with Gasteiger partial charge in [0.05, 0.1) is 5.56 Å². The smallest absolute Gasteiger partial charge is 0.373 e. The van der Waals surface area contributed by atoms with E-state index in [2.05, 4.69) is 15.3 Å². The van der Waals surface area contributed by atoms with Crippen LogP contribution >= 0.6 is 0 Å². The Hall–Kier alpha value is -2.18. The Morgan fingerprint density at radius 1 is 1.16 bits per heavy atom. The minimum absolute atomic E-state index is 0.0237. The maximum atomic E-state index is 13.3. The van der Waals surface area contributed by atoms with Crippen molar-refractivity contribution in [3.05, 3.63) is 41.8 Å². The second-order valence-corrected chi connectivity index (χ2v) is 3.74. The number of benzene rings is 1. The number of hydrogen-bond acceptors (Lipinski definition) is 3. The normalized spacial score (nSPS) is 11.4. The predicted molar refractivity (Wildman–Crippen MR) is 62.0 cm³/mol. The average molecular weight is 271 g/mol. The van der Waals surface area contributed by atoms with Crippen molar-refractivity contribution in [1.29, 1.82) is 0 Å². The van der Waals surface area contributed by atoms with Crippen molar-refractivity contribution in [2.24, 2.45) is 0 Å². The van der Waals surface area contributed by atoms with Crippen molar-refractivity contribution >= 4 is 5.82 Å². The minimum atomic E-state index is -4.61. The summed E-state index contributed by atoms with van der Waals surface area (Å²) in [5.41, 5.74) is -1.09. The first-order valence-electron chi connectivity index (χ1n) is 5.29. The summed E-state index contributed by atoms with van der Waals surface area (Å²) in [5, 5.41) is 2.73. The average Bonchev–Trinajstić information content (AvgIpc) is 2.37. The van der Waals surface area contributed by atoms with Crippen LogP contribution in [-0.2, 0) is 6.18 Å². The second kappa shape index (κ2) is 4.83. The molecule has 0 unspecified atom stereocenters. The standard InChI is InChI=1S/C12H9F4N3/c1-17-10-2-3-18-11(19-10)7-4-8(12(14,15)16)6-9(13)5-7/h2-6H,1H3,(H,17,18,19). The fourth-order valence-electron chi connectivity index (χ4n) is 1.52. The summed E-state index contributed by atoms with van der Waals surface area (Å²) in [6.07, 6.45) is -3.23. The molecule has 1 aromatic carbocycles. The summed E-state index contributed by atoms with van der Waals surface area (Å²) in [4.78, 5) is 7.81. The zero-order chi connectivity index (χ0) is 14.0. The van der Waals surface area contributed by atoms with Gasteiger partial charge in [0.2, 0.25) is 0 Å². The monoisotopic (exact) mass is 271 g/mol. The molecule has 0 atom stereocenters. The van der Waals surface area contributed by atoms with Gasteiger partial charge in [0.15, 0.2) is 5.82 Å². The van der Waals surface area contributed by atoms with E-state index in [0.29, 0.717) is 11.9 Å². The van der Waals surface area contributed by atoms with Crippen LogP contribution in [0.3, 0.4) is 0 Å². The Morgan fingerprint density at radius 2 is 1.89 bits per heavy atom. The first kappa shape index (κ1) is 13.3. The fraction of sp³-hybridized carbons (Fsp3) is 0.167. The highest BCUT2D eigenvalue weighted by Gasteiger charge is 2.31. The molecule has 0 bridgehead atoms. The molecule has 1 aromatic heterocycles. The Labute approximate surface area is 106 Å². The molecular weight excluding hydrogens is 262 g/mol. The van der Waals surface area contributed by atoms with E-state index >= 15 is 0 Å². The van der Waals surface area contributed by atoms with E-state index in [1.54, 1.807) is 13.1 Å². The minimum Gasteiger partial charge on any atom is -0.373 e. The number of halogens is 4. The molecule has 0 spiro atoms. The lowest BCUT2D eigenvalue weighted by molar-refractivity contribution is -0.137. The molecule has 2 aromatic rings. The van der Waals surface area contributed by atoms with Gasteiger partial charge in [0.25, 0.3) is 0 Å². The number of nitrogens with zero attached hydrogens (tertiary/aromatic N) is 2. The molecule has 19 heavy (non-hydrogen) atoms. The van der Waals surface area contributed by atoms with Crippen molar-refractivity contribution in [2.75, 3.05) is 12.4 Å². The van der Waals surface area contributed by atoms with Crippen LogP contribution in [0.4, 0.5) is 23.4 Å². The largest absolute Gasteiger partial charge is 0.416 e. The molecule has 0 amide bonds. The van der Waals surface area contributed by atoms with E-state index in [1.165, 1.54) is 6.20 Å². The molecule has 0 radical (unpaired) electrons. The van der Waals surface area contributed by atoms with E-state index in [0.717, 1.165) is 12.1 Å². The lowest BCUT2D eigenvalue weighted by atomic mass is 10.1. The Kier molecular flexibility index (Phi) is 3.37. The van der Waals surface area contributed by atoms with Gasteiger partial charge in [-0.2, -0.15) is 13.2 Å². The zero-order valence-electron chi connectivity index (χ0n) is 9.79. The number of aromatic nitrogens is 2. The third-order valence-electron chi connectivity index (χ3n) is 2.40. The maximum absolute atomic E-state index is 13.3. The summed E-state index contributed by atoms with van der Waals surface area (Å²) in [5.74, 6) is -0.525. The van der Waals surface area contributed by atoms with Crippen LogP contribution in [-0.4, -0.2) is 17.0 Å². The third-order valence-corrected chi connectivity index (χ3v) is 2.40. The van der Waals surface area contributed by atoms with Gasteiger partial charge in [-0.25, -0.2) is 14.4 Å². The molecule has 1 N–H and O–H groups in total. The van der Waals surface area contributed by atoms with Crippen LogP contribution in [0, 0.1) is 5.82 Å². The number of hydrogen-bond donors (Lipinski definition) is 1. The molecule has 0 aliphatic rings. The molecule has 0 saturated heterocycles. The molecule has 1 heterocycles. The molecule has 0 fully saturated rings. The second-order valence-electron chi connectivity index (χ2n) is 3.74. The number of alkyl halides is 3. The van der Waals surface area contributed by atoms with Crippen LogP contribution in [0.15, 0.2) is 30.5 Å². The quantitative estimate of drug-likeness (QED) is 0.851. The third kappa shape index (κ3) is 2.98. The van der Waals surface area contributed by atoms with E-state index in [9.17, 15) is 17.6 Å². The Bertz CT molecular complexity index is 596. The summed E-state index contributed by atoms with van der Waals surface area (Å²) < 4.78 is 51.0. The lowest BCUT2D eigenvalue weighted by Crippen LogP contribution is -2.06. The van der Waals surface area contributed by atoms with E-state index < -0.39 is 17.6 Å². The summed E-state index contributed by atoms with van der Waals surface area (Å²) in [6.45, 7) is 0. The molecule has 0 aliphatic carbocycles. The van der Waals surface area contributed by atoms with Crippen LogP contribution in [0.25, 0.3) is 11.4 Å². The molecule has 2 rings (SSSR count). The van der Waals surface area contributed by atoms with E-state index in [4.69, 9.17) is 0 Å². The first-order chi connectivity index (χ1) is 8.90. The maximum Gasteiger partial charge on any atom is 0.416 e. The van der Waals surface area contributed by atoms with Crippen LogP contribution < -0.4 is 5.32 Å². The highest BCUT2D eigenvalue weighted by molar-refractivity contribution is 5.58. The summed E-state index contributed by atoms with van der Waals surface area (Å²) in [6, 6.07) is 3.76. The van der Waals surface area contributed by atoms with E-state index in [1.807, 2.05) is 0 Å². The van der Waals surface area contributed by atoms with Crippen molar-refractivity contribution < 1.29 is 17.6 Å². The molecular formula is C12H9F4N3. The van der Waals surface area contributed by atoms with Gasteiger partial charge >= 0.3 is 6.18 Å². The molecule has 7 heteroatoms. The Morgan fingerprint density at radius 3 is 2.53 bits per heavy atom. The zero-order valence-corrected chi connectivity index (χ0v) is 9.79. The Balaban J connectivity index is 2.53. The van der Waals surface area contributed by atoms with Crippen molar-refractivity contribution in [2.45, 2.75) is 6.18 Å². The van der Waals surface area contributed by atoms with Gasteiger partial charge in [-0.3, -0.25) is 0 Å². The van der Waals surface area contributed by atoms with Gasteiger partial charge in [0, 0.05) is 18.8 Å². The van der Waals surface area contributed by atoms with Gasteiger partial charge in [-0.15, -0.1) is 0 Å². The number of rotatable bonds is 2. The number of anilines is 1. The van der Waals surface area contributed by atoms with Crippen molar-refractivity contribution in [3.63, 3.8) is 0 Å². The summed E-state index contributed by atoms with van der Waals surface area (Å²) in [7, 11) is 1.61. The van der Waals surface area contributed by atoms with Gasteiger partial charge in [-0.1, -0.05) is 0 Å². The van der Waals surface area contributed by atoms with E-state index in [-0.39, 0.29) is 11.4 Å². The highest BCUT2D eigenvalue weighted by Crippen LogP contribution is 2.32. The van der Waals surface area contributed by atoms with Crippen molar-refractivity contribution in [3.8, 4) is 11.4 Å². The van der Waals surface area contributed by atoms with Gasteiger partial charge in [-0.05, 0) is 24.3 Å². The highest BCUT2D eigenvalue weighted by atomic mass is 19.4. The van der Waals surface area contributed by atoms with Crippen LogP contribution in [0.1, 0.15) is 5.56 Å². The van der Waals surface area contributed by atoms with Gasteiger partial charge < -0.3 is 5.32 Å². The van der Waals surface area contributed by atoms with Gasteiger partial charge in [0.1, 0.15) is 11.6 Å².